The fourth-order valence-corrected chi connectivity index (χ4v) is 2.79. The number of ether oxygens (including phenoxy) is 1. The highest BCUT2D eigenvalue weighted by atomic mass is 16.5. The monoisotopic (exact) mass is 272 g/mol. The number of nitrogens with zero attached hydrogens (tertiary/aromatic N) is 2. The topological polar surface area (TPSA) is 53.3 Å². The molecular weight excluding hydrogens is 252 g/mol. The van der Waals surface area contributed by atoms with Gasteiger partial charge in [0.1, 0.15) is 5.75 Å². The Bertz CT molecular complexity index is 511. The molecule has 1 aromatic carbocycles. The van der Waals surface area contributed by atoms with E-state index in [0.717, 1.165) is 12.8 Å². The number of piperidine rings is 1. The number of likely N-dealkylation sites (tertiary alicyclic amines) is 1. The number of hydrogen-bond donors (Lipinski definition) is 0. The number of nitriles is 1. The average molecular weight is 272 g/mol. The molecule has 1 aromatic rings. The summed E-state index contributed by atoms with van der Waals surface area (Å²) in [5, 5.41) is 8.83. The van der Waals surface area contributed by atoms with E-state index in [4.69, 9.17) is 10.00 Å². The summed E-state index contributed by atoms with van der Waals surface area (Å²) in [5.41, 5.74) is 0.537. The van der Waals surface area contributed by atoms with Crippen LogP contribution in [0.5, 0.6) is 5.75 Å². The van der Waals surface area contributed by atoms with Gasteiger partial charge in [0.15, 0.2) is 6.61 Å². The van der Waals surface area contributed by atoms with Gasteiger partial charge in [-0.3, -0.25) is 4.79 Å². The fraction of sp³-hybridized carbons (Fsp3) is 0.500. The van der Waals surface area contributed by atoms with Gasteiger partial charge < -0.3 is 9.64 Å². The Morgan fingerprint density at radius 2 is 2.10 bits per heavy atom. The van der Waals surface area contributed by atoms with Crippen LogP contribution in [0.25, 0.3) is 0 Å². The van der Waals surface area contributed by atoms with Gasteiger partial charge in [-0.05, 0) is 51.3 Å². The Labute approximate surface area is 120 Å². The van der Waals surface area contributed by atoms with E-state index in [0.29, 0.717) is 11.3 Å². The van der Waals surface area contributed by atoms with Crippen LogP contribution in [0.1, 0.15) is 38.7 Å². The van der Waals surface area contributed by atoms with Crippen LogP contribution in [-0.2, 0) is 4.79 Å². The highest BCUT2D eigenvalue weighted by Crippen LogP contribution is 2.22. The summed E-state index contributed by atoms with van der Waals surface area (Å²) < 4.78 is 5.52. The van der Waals surface area contributed by atoms with Gasteiger partial charge in [0.25, 0.3) is 5.91 Å². The first-order chi connectivity index (χ1) is 9.61. The standard InChI is InChI=1S/C16H20N2O2/c1-12-5-3-6-13(2)18(12)16(19)11-20-15-8-4-7-14(9-15)10-17/h4,7-9,12-13H,3,5-6,11H2,1-2H3. The minimum absolute atomic E-state index is 0.0204. The molecule has 2 rings (SSSR count). The van der Waals surface area contributed by atoms with Crippen molar-refractivity contribution in [3.05, 3.63) is 29.8 Å². The predicted molar refractivity (Wildman–Crippen MR) is 76.3 cm³/mol. The molecule has 1 amide bonds. The van der Waals surface area contributed by atoms with E-state index in [1.807, 2.05) is 4.90 Å². The molecule has 1 aliphatic heterocycles. The van der Waals surface area contributed by atoms with E-state index in [-0.39, 0.29) is 24.6 Å². The number of rotatable bonds is 3. The molecule has 2 atom stereocenters. The fourth-order valence-electron chi connectivity index (χ4n) is 2.79. The smallest absolute Gasteiger partial charge is 0.260 e. The lowest BCUT2D eigenvalue weighted by Gasteiger charge is -2.38. The molecule has 1 fully saturated rings. The maximum atomic E-state index is 12.3. The summed E-state index contributed by atoms with van der Waals surface area (Å²) in [6.45, 7) is 4.21. The van der Waals surface area contributed by atoms with Crippen molar-refractivity contribution in [2.45, 2.75) is 45.2 Å². The molecule has 1 saturated heterocycles. The van der Waals surface area contributed by atoms with Crippen LogP contribution in [0, 0.1) is 11.3 Å². The van der Waals surface area contributed by atoms with E-state index in [9.17, 15) is 4.79 Å². The van der Waals surface area contributed by atoms with Crippen molar-refractivity contribution >= 4 is 5.91 Å². The first-order valence-electron chi connectivity index (χ1n) is 7.06. The van der Waals surface area contributed by atoms with Crippen LogP contribution >= 0.6 is 0 Å². The molecule has 106 valence electrons. The Balaban J connectivity index is 1.96. The lowest BCUT2D eigenvalue weighted by atomic mass is 9.97. The minimum Gasteiger partial charge on any atom is -0.484 e. The summed E-state index contributed by atoms with van der Waals surface area (Å²) in [5.74, 6) is 0.585. The van der Waals surface area contributed by atoms with Crippen LogP contribution in [0.2, 0.25) is 0 Å². The van der Waals surface area contributed by atoms with Gasteiger partial charge in [0, 0.05) is 12.1 Å². The molecule has 0 aromatic heterocycles. The number of carbonyl (C=O) groups excluding carboxylic acids is 1. The molecule has 4 heteroatoms. The molecule has 0 spiro atoms. The lowest BCUT2D eigenvalue weighted by molar-refractivity contribution is -0.139. The van der Waals surface area contributed by atoms with Crippen molar-refractivity contribution in [2.75, 3.05) is 6.61 Å². The Kier molecular flexibility index (Phi) is 4.62. The van der Waals surface area contributed by atoms with Gasteiger partial charge in [-0.1, -0.05) is 6.07 Å². The van der Waals surface area contributed by atoms with E-state index < -0.39 is 0 Å². The van der Waals surface area contributed by atoms with E-state index in [2.05, 4.69) is 19.9 Å². The number of hydrogen-bond acceptors (Lipinski definition) is 3. The van der Waals surface area contributed by atoms with Gasteiger partial charge in [0.2, 0.25) is 0 Å². The molecule has 1 aliphatic rings. The van der Waals surface area contributed by atoms with Crippen molar-refractivity contribution in [3.8, 4) is 11.8 Å². The third-order valence-corrected chi connectivity index (χ3v) is 3.81. The molecule has 2 unspecified atom stereocenters. The molecule has 20 heavy (non-hydrogen) atoms. The molecule has 0 bridgehead atoms. The Morgan fingerprint density at radius 3 is 2.75 bits per heavy atom. The van der Waals surface area contributed by atoms with Gasteiger partial charge in [0.05, 0.1) is 11.6 Å². The second-order valence-corrected chi connectivity index (χ2v) is 5.36. The van der Waals surface area contributed by atoms with Crippen molar-refractivity contribution < 1.29 is 9.53 Å². The third-order valence-electron chi connectivity index (χ3n) is 3.81. The van der Waals surface area contributed by atoms with E-state index in [1.165, 1.54) is 6.42 Å². The summed E-state index contributed by atoms with van der Waals surface area (Å²) in [6.07, 6.45) is 3.29. The maximum Gasteiger partial charge on any atom is 0.260 e. The Morgan fingerprint density at radius 1 is 1.40 bits per heavy atom. The SMILES string of the molecule is CC1CCCC(C)N1C(=O)COc1cccc(C#N)c1. The van der Waals surface area contributed by atoms with Crippen molar-refractivity contribution in [2.24, 2.45) is 0 Å². The quantitative estimate of drug-likeness (QED) is 0.850. The zero-order valence-electron chi connectivity index (χ0n) is 12.0. The van der Waals surface area contributed by atoms with E-state index >= 15 is 0 Å². The first kappa shape index (κ1) is 14.4. The van der Waals surface area contributed by atoms with Gasteiger partial charge in [-0.2, -0.15) is 5.26 Å². The molecule has 0 aliphatic carbocycles. The highest BCUT2D eigenvalue weighted by Gasteiger charge is 2.28. The van der Waals surface area contributed by atoms with Crippen LogP contribution in [0.15, 0.2) is 24.3 Å². The first-order valence-corrected chi connectivity index (χ1v) is 7.06. The molecule has 0 saturated carbocycles. The molecule has 0 N–H and O–H groups in total. The summed E-state index contributed by atoms with van der Waals surface area (Å²) in [6, 6.07) is 9.49. The van der Waals surface area contributed by atoms with Crippen LogP contribution in [-0.4, -0.2) is 29.5 Å². The third kappa shape index (κ3) is 3.30. The van der Waals surface area contributed by atoms with Crippen molar-refractivity contribution in [1.82, 2.24) is 4.90 Å². The molecule has 1 heterocycles. The van der Waals surface area contributed by atoms with Crippen molar-refractivity contribution in [3.63, 3.8) is 0 Å². The zero-order chi connectivity index (χ0) is 14.5. The van der Waals surface area contributed by atoms with Crippen LogP contribution < -0.4 is 4.74 Å². The summed E-state index contributed by atoms with van der Waals surface area (Å²) in [4.78, 5) is 14.2. The largest absolute Gasteiger partial charge is 0.484 e. The average Bonchev–Trinajstić information content (AvgIpc) is 2.45. The maximum absolute atomic E-state index is 12.3. The number of amides is 1. The molecule has 0 radical (unpaired) electrons. The summed E-state index contributed by atoms with van der Waals surface area (Å²) in [7, 11) is 0. The van der Waals surface area contributed by atoms with Gasteiger partial charge in [-0.25, -0.2) is 0 Å². The predicted octanol–water partition coefficient (Wildman–Crippen LogP) is 2.73. The van der Waals surface area contributed by atoms with Gasteiger partial charge >= 0.3 is 0 Å². The van der Waals surface area contributed by atoms with Crippen LogP contribution in [0.3, 0.4) is 0 Å². The number of carbonyl (C=O) groups is 1. The van der Waals surface area contributed by atoms with Crippen molar-refractivity contribution in [1.29, 1.82) is 5.26 Å². The molecule has 4 nitrogen and oxygen atoms in total. The number of benzene rings is 1. The lowest BCUT2D eigenvalue weighted by Crippen LogP contribution is -2.49. The van der Waals surface area contributed by atoms with E-state index in [1.54, 1.807) is 24.3 Å². The van der Waals surface area contributed by atoms with Crippen LogP contribution in [0.4, 0.5) is 0 Å². The zero-order valence-corrected chi connectivity index (χ0v) is 12.0. The summed E-state index contributed by atoms with van der Waals surface area (Å²) >= 11 is 0. The second-order valence-electron chi connectivity index (χ2n) is 5.36. The van der Waals surface area contributed by atoms with Gasteiger partial charge in [-0.15, -0.1) is 0 Å². The normalized spacial score (nSPS) is 22.1. The Hall–Kier alpha value is -2.02. The highest BCUT2D eigenvalue weighted by molar-refractivity contribution is 5.78. The molecular formula is C16H20N2O2. The minimum atomic E-state index is 0.0204. The second kappa shape index (κ2) is 6.42.